The van der Waals surface area contributed by atoms with Crippen LogP contribution in [0.15, 0.2) is 62.6 Å². The Labute approximate surface area is 184 Å². The third kappa shape index (κ3) is 4.74. The van der Waals surface area contributed by atoms with Crippen LogP contribution in [0.1, 0.15) is 22.3 Å². The second kappa shape index (κ2) is 8.15. The lowest BCUT2D eigenvalue weighted by atomic mass is 10.1. The topological polar surface area (TPSA) is 140 Å². The van der Waals surface area contributed by atoms with Crippen LogP contribution in [-0.4, -0.2) is 40.3 Å². The number of hydrogen-bond acceptors (Lipinski definition) is 7. The summed E-state index contributed by atoms with van der Waals surface area (Å²) in [6.45, 7) is 1.78. The molecule has 2 N–H and O–H groups in total. The molecule has 1 aromatic heterocycles. The summed E-state index contributed by atoms with van der Waals surface area (Å²) in [7, 11) is -7.25. The molecule has 1 atom stereocenters. The van der Waals surface area contributed by atoms with Crippen LogP contribution in [0.4, 0.5) is 5.69 Å². The number of nitrogens with one attached hydrogen (secondary N) is 2. The Morgan fingerprint density at radius 3 is 2.62 bits per heavy atom. The number of benzene rings is 2. The summed E-state index contributed by atoms with van der Waals surface area (Å²) < 4.78 is 56.1. The molecule has 32 heavy (non-hydrogen) atoms. The third-order valence-electron chi connectivity index (χ3n) is 5.17. The van der Waals surface area contributed by atoms with Crippen LogP contribution >= 0.6 is 0 Å². The predicted octanol–water partition coefficient (Wildman–Crippen LogP) is 1.82. The maximum absolute atomic E-state index is 12.7. The fraction of sp³-hybridized carbons (Fsp3) is 0.238. The van der Waals surface area contributed by atoms with Gasteiger partial charge in [-0.1, -0.05) is 6.07 Å². The molecule has 1 aliphatic rings. The number of carbonyl (C=O) groups excluding carboxylic acids is 1. The average Bonchev–Trinajstić information content (AvgIpc) is 3.05. The number of rotatable bonds is 5. The Morgan fingerprint density at radius 1 is 1.12 bits per heavy atom. The van der Waals surface area contributed by atoms with E-state index in [9.17, 15) is 26.4 Å². The molecule has 3 aromatic rings. The molecule has 1 saturated heterocycles. The van der Waals surface area contributed by atoms with E-state index in [-0.39, 0.29) is 28.4 Å². The summed E-state index contributed by atoms with van der Waals surface area (Å²) in [5.74, 6) is -0.863. The van der Waals surface area contributed by atoms with Gasteiger partial charge in [-0.3, -0.25) is 4.79 Å². The molecule has 0 spiro atoms. The molecule has 1 fully saturated rings. The van der Waals surface area contributed by atoms with Crippen LogP contribution < -0.4 is 15.7 Å². The Bertz CT molecular complexity index is 1490. The first kappa shape index (κ1) is 22.2. The van der Waals surface area contributed by atoms with Gasteiger partial charge in [0.15, 0.2) is 9.84 Å². The minimum absolute atomic E-state index is 0.0615. The average molecular weight is 477 g/mol. The lowest BCUT2D eigenvalue weighted by Crippen LogP contribution is -2.35. The first-order valence-corrected chi connectivity index (χ1v) is 13.0. The highest BCUT2D eigenvalue weighted by atomic mass is 32.2. The van der Waals surface area contributed by atoms with Crippen molar-refractivity contribution < 1.29 is 26.0 Å². The van der Waals surface area contributed by atoms with E-state index >= 15 is 0 Å². The number of aryl methyl sites for hydroxylation is 1. The van der Waals surface area contributed by atoms with Gasteiger partial charge in [-0.25, -0.2) is 26.4 Å². The Hall–Kier alpha value is -3.02. The normalized spacial score (nSPS) is 18.0. The standard InChI is InChI=1S/C21H20N2O7S2/c1-13-9-20(24)30-19-11-15(5-6-18(13)19)22-21(25)14-3-2-4-17(10-14)32(28,29)23-16-7-8-31(26,27)12-16/h2-6,9-11,16,23H,7-8,12H2,1H3,(H,22,25). The smallest absolute Gasteiger partial charge is 0.336 e. The molecular weight excluding hydrogens is 456 g/mol. The van der Waals surface area contributed by atoms with E-state index in [0.717, 1.165) is 10.9 Å². The van der Waals surface area contributed by atoms with Gasteiger partial charge in [0.25, 0.3) is 5.91 Å². The van der Waals surface area contributed by atoms with Crippen LogP contribution in [0.3, 0.4) is 0 Å². The van der Waals surface area contributed by atoms with Gasteiger partial charge in [-0.05, 0) is 49.2 Å². The van der Waals surface area contributed by atoms with Gasteiger partial charge in [-0.2, -0.15) is 0 Å². The van der Waals surface area contributed by atoms with E-state index in [2.05, 4.69) is 10.0 Å². The van der Waals surface area contributed by atoms with Crippen LogP contribution in [0.5, 0.6) is 0 Å². The number of amides is 1. The molecular formula is C21H20N2O7S2. The molecule has 1 unspecified atom stereocenters. The van der Waals surface area contributed by atoms with Crippen molar-refractivity contribution in [2.24, 2.45) is 0 Å². The highest BCUT2D eigenvalue weighted by Gasteiger charge is 2.31. The van der Waals surface area contributed by atoms with E-state index in [0.29, 0.717) is 11.3 Å². The van der Waals surface area contributed by atoms with Gasteiger partial charge in [0.1, 0.15) is 5.58 Å². The second-order valence-corrected chi connectivity index (χ2v) is 11.6. The Kier molecular flexibility index (Phi) is 5.65. The van der Waals surface area contributed by atoms with Crippen molar-refractivity contribution in [3.05, 3.63) is 70.1 Å². The van der Waals surface area contributed by atoms with Crippen LogP contribution in [0.2, 0.25) is 0 Å². The first-order valence-electron chi connectivity index (χ1n) is 9.71. The molecule has 2 heterocycles. The zero-order valence-corrected chi connectivity index (χ0v) is 18.6. The fourth-order valence-corrected chi connectivity index (χ4v) is 6.68. The van der Waals surface area contributed by atoms with Crippen molar-refractivity contribution in [1.82, 2.24) is 4.72 Å². The fourth-order valence-electron chi connectivity index (χ4n) is 3.59. The summed E-state index contributed by atoms with van der Waals surface area (Å²) in [5.41, 5.74) is 1.03. The number of sulfonamides is 1. The van der Waals surface area contributed by atoms with Crippen molar-refractivity contribution in [3.8, 4) is 0 Å². The largest absolute Gasteiger partial charge is 0.423 e. The lowest BCUT2D eigenvalue weighted by Gasteiger charge is -2.12. The summed E-state index contributed by atoms with van der Waals surface area (Å²) in [4.78, 5) is 24.2. The van der Waals surface area contributed by atoms with E-state index < -0.39 is 37.4 Å². The number of fused-ring (bicyclic) bond motifs is 1. The molecule has 1 aliphatic heterocycles. The monoisotopic (exact) mass is 476 g/mol. The highest BCUT2D eigenvalue weighted by molar-refractivity contribution is 7.92. The maximum atomic E-state index is 12.7. The summed E-state index contributed by atoms with van der Waals surface area (Å²) in [5, 5.41) is 3.39. The zero-order chi connectivity index (χ0) is 23.1. The van der Waals surface area contributed by atoms with Crippen LogP contribution in [0.25, 0.3) is 11.0 Å². The molecule has 0 saturated carbocycles. The van der Waals surface area contributed by atoms with Gasteiger partial charge in [-0.15, -0.1) is 0 Å². The molecule has 168 valence electrons. The van der Waals surface area contributed by atoms with Crippen molar-refractivity contribution in [3.63, 3.8) is 0 Å². The maximum Gasteiger partial charge on any atom is 0.336 e. The molecule has 9 nitrogen and oxygen atoms in total. The van der Waals surface area contributed by atoms with E-state index in [1.54, 1.807) is 19.1 Å². The molecule has 0 radical (unpaired) electrons. The minimum Gasteiger partial charge on any atom is -0.423 e. The summed E-state index contributed by atoms with van der Waals surface area (Å²) >= 11 is 0. The molecule has 1 amide bonds. The lowest BCUT2D eigenvalue weighted by molar-refractivity contribution is 0.102. The van der Waals surface area contributed by atoms with Crippen molar-refractivity contribution in [2.45, 2.75) is 24.3 Å². The third-order valence-corrected chi connectivity index (χ3v) is 8.46. The number of carbonyl (C=O) groups is 1. The molecule has 0 aliphatic carbocycles. The van der Waals surface area contributed by atoms with Gasteiger partial charge < -0.3 is 9.73 Å². The van der Waals surface area contributed by atoms with E-state index in [1.807, 2.05) is 0 Å². The number of sulfone groups is 1. The SMILES string of the molecule is Cc1cc(=O)oc2cc(NC(=O)c3cccc(S(=O)(=O)NC4CCS(=O)(=O)C4)c3)ccc12. The number of hydrogen-bond donors (Lipinski definition) is 2. The minimum atomic E-state index is -4.01. The Balaban J connectivity index is 1.55. The van der Waals surface area contributed by atoms with Crippen LogP contribution in [0, 0.1) is 6.92 Å². The van der Waals surface area contributed by atoms with E-state index in [1.165, 1.54) is 36.4 Å². The quantitative estimate of drug-likeness (QED) is 0.535. The molecule has 4 rings (SSSR count). The summed E-state index contributed by atoms with van der Waals surface area (Å²) in [6.07, 6.45) is 0.208. The Morgan fingerprint density at radius 2 is 1.91 bits per heavy atom. The first-order chi connectivity index (χ1) is 15.0. The van der Waals surface area contributed by atoms with Crippen LogP contribution in [-0.2, 0) is 19.9 Å². The number of anilines is 1. The van der Waals surface area contributed by atoms with Gasteiger partial charge in [0.2, 0.25) is 10.0 Å². The molecule has 11 heteroatoms. The van der Waals surface area contributed by atoms with Gasteiger partial charge in [0, 0.05) is 34.8 Å². The highest BCUT2D eigenvalue weighted by Crippen LogP contribution is 2.22. The van der Waals surface area contributed by atoms with Crippen molar-refractivity contribution >= 4 is 42.4 Å². The van der Waals surface area contributed by atoms with Gasteiger partial charge >= 0.3 is 5.63 Å². The molecule has 0 bridgehead atoms. The van der Waals surface area contributed by atoms with Crippen molar-refractivity contribution in [2.75, 3.05) is 16.8 Å². The predicted molar refractivity (Wildman–Crippen MR) is 119 cm³/mol. The van der Waals surface area contributed by atoms with Gasteiger partial charge in [0.05, 0.1) is 16.4 Å². The summed E-state index contributed by atoms with van der Waals surface area (Å²) in [6, 6.07) is 11.0. The van der Waals surface area contributed by atoms with Crippen molar-refractivity contribution in [1.29, 1.82) is 0 Å². The van der Waals surface area contributed by atoms with E-state index in [4.69, 9.17) is 4.42 Å². The molecule has 2 aromatic carbocycles. The second-order valence-electron chi connectivity index (χ2n) is 7.66. The zero-order valence-electron chi connectivity index (χ0n) is 17.0.